The van der Waals surface area contributed by atoms with Gasteiger partial charge in [0.1, 0.15) is 23.3 Å². The number of piperazine rings is 1. The Hall–Kier alpha value is -5.52. The van der Waals surface area contributed by atoms with Gasteiger partial charge in [-0.15, -0.1) is 0 Å². The number of carbonyl (C=O) groups is 4. The minimum Gasteiger partial charge on any atom is -0.490 e. The van der Waals surface area contributed by atoms with E-state index in [1.165, 1.54) is 0 Å². The number of fused-ring (bicyclic) bond motifs is 1. The number of nitrogens with one attached hydrogen (secondary N) is 2. The maximum atomic E-state index is 13.4. The Morgan fingerprint density at radius 1 is 0.895 bits per heavy atom. The Labute approximate surface area is 337 Å². The Bertz CT molecular complexity index is 2100. The summed E-state index contributed by atoms with van der Waals surface area (Å²) in [6.07, 6.45) is 9.48. The molecule has 0 radical (unpaired) electrons. The van der Waals surface area contributed by atoms with E-state index in [0.717, 1.165) is 101 Å². The van der Waals surface area contributed by atoms with Gasteiger partial charge in [0.15, 0.2) is 0 Å². The molecule has 1 saturated carbocycles. The fourth-order valence-corrected chi connectivity index (χ4v) is 8.88. The minimum atomic E-state index is -0.817. The first-order valence-electron chi connectivity index (χ1n) is 19.8. The number of amides is 4. The molecule has 15 heteroatoms. The molecule has 2 aromatic carbocycles. The van der Waals surface area contributed by atoms with E-state index in [1.807, 2.05) is 12.1 Å². The lowest BCUT2D eigenvalue weighted by Gasteiger charge is -2.39. The fourth-order valence-electron chi connectivity index (χ4n) is 8.66. The Kier molecular flexibility index (Phi) is 11.1. The molecule has 4 aliphatic heterocycles. The van der Waals surface area contributed by atoms with Crippen LogP contribution in [-0.2, 0) is 4.79 Å². The average molecular weight is 792 g/mol. The summed E-state index contributed by atoms with van der Waals surface area (Å²) >= 11 is 6.16. The Balaban J connectivity index is 0.753. The zero-order valence-corrected chi connectivity index (χ0v) is 32.5. The summed E-state index contributed by atoms with van der Waals surface area (Å²) in [6, 6.07) is 9.78. The zero-order valence-electron chi connectivity index (χ0n) is 31.8. The van der Waals surface area contributed by atoms with Crippen LogP contribution >= 0.6 is 11.6 Å². The average Bonchev–Trinajstić information content (AvgIpc) is 3.47. The fraction of sp³-hybridized carbons (Fsp3) is 0.452. The molecule has 3 aromatic rings. The molecule has 296 valence electrons. The van der Waals surface area contributed by atoms with E-state index >= 15 is 0 Å². The molecule has 4 fully saturated rings. The van der Waals surface area contributed by atoms with Crippen molar-refractivity contribution in [1.82, 2.24) is 30.4 Å². The van der Waals surface area contributed by atoms with Crippen LogP contribution in [-0.4, -0.2) is 107 Å². The summed E-state index contributed by atoms with van der Waals surface area (Å²) in [5, 5.41) is 6.18. The van der Waals surface area contributed by atoms with Gasteiger partial charge in [0.25, 0.3) is 17.7 Å². The van der Waals surface area contributed by atoms with Crippen LogP contribution in [0.25, 0.3) is 4.85 Å². The lowest BCUT2D eigenvalue weighted by atomic mass is 9.93. The molecule has 57 heavy (non-hydrogen) atoms. The van der Waals surface area contributed by atoms with E-state index in [2.05, 4.69) is 46.7 Å². The number of hydrogen-bond donors (Lipinski definition) is 2. The first kappa shape index (κ1) is 38.4. The molecule has 0 bridgehead atoms. The Morgan fingerprint density at radius 3 is 2.33 bits per heavy atom. The van der Waals surface area contributed by atoms with E-state index in [1.54, 1.807) is 36.7 Å². The van der Waals surface area contributed by atoms with Crippen molar-refractivity contribution < 1.29 is 23.9 Å². The highest BCUT2D eigenvalue weighted by molar-refractivity contribution is 6.33. The highest BCUT2D eigenvalue weighted by atomic mass is 35.5. The van der Waals surface area contributed by atoms with Crippen LogP contribution in [0.3, 0.4) is 0 Å². The number of anilines is 2. The van der Waals surface area contributed by atoms with Crippen LogP contribution in [0, 0.1) is 12.5 Å². The van der Waals surface area contributed by atoms with Gasteiger partial charge in [-0.05, 0) is 87.6 Å². The van der Waals surface area contributed by atoms with Crippen LogP contribution in [0.4, 0.5) is 17.2 Å². The first-order chi connectivity index (χ1) is 27.6. The number of rotatable bonds is 9. The molecule has 3 saturated heterocycles. The third kappa shape index (κ3) is 8.31. The monoisotopic (exact) mass is 791 g/mol. The molecule has 4 amide bonds. The van der Waals surface area contributed by atoms with Crippen LogP contribution in [0.15, 0.2) is 61.1 Å². The van der Waals surface area contributed by atoms with Crippen molar-refractivity contribution in [1.29, 1.82) is 0 Å². The van der Waals surface area contributed by atoms with Gasteiger partial charge in [-0.25, -0.2) is 14.8 Å². The standard InChI is InChI=1S/C42H46ClN9O5/c1-26-3-12-37(40(54)47-26)52-41(55)32-10-6-29(21-33(32)42(52)56)50-19-17-49(18-20-50)25-27-13-15-51(16-14-27)38-24-45-36(23-46-38)39(53)48-28-4-7-30(8-5-28)57-31-9-11-35(44-2)34(43)22-31/h6,9-11,21-24,27-28,30,37H,1,3-5,7-8,12-20,25H2,(H,47,54)(H,48,53). The number of halogens is 1. The van der Waals surface area contributed by atoms with Crippen molar-refractivity contribution in [2.75, 3.05) is 55.6 Å². The highest BCUT2D eigenvalue weighted by Crippen LogP contribution is 2.33. The summed E-state index contributed by atoms with van der Waals surface area (Å²) in [6.45, 7) is 17.2. The summed E-state index contributed by atoms with van der Waals surface area (Å²) in [4.78, 5) is 72.7. The second kappa shape index (κ2) is 16.5. The summed E-state index contributed by atoms with van der Waals surface area (Å²) < 4.78 is 6.09. The number of hydrogen-bond acceptors (Lipinski definition) is 10. The number of aromatic nitrogens is 2. The van der Waals surface area contributed by atoms with E-state index in [-0.39, 0.29) is 24.0 Å². The highest BCUT2D eigenvalue weighted by Gasteiger charge is 2.44. The normalized spacial score (nSPS) is 23.2. The van der Waals surface area contributed by atoms with Gasteiger partial charge in [0, 0.05) is 63.2 Å². The largest absolute Gasteiger partial charge is 0.490 e. The number of piperidine rings is 2. The van der Waals surface area contributed by atoms with E-state index < -0.39 is 17.9 Å². The molecule has 1 aromatic heterocycles. The maximum absolute atomic E-state index is 13.4. The lowest BCUT2D eigenvalue weighted by Crippen LogP contribution is -2.51. The van der Waals surface area contributed by atoms with Crippen LogP contribution in [0.2, 0.25) is 5.02 Å². The molecule has 5 aliphatic rings. The van der Waals surface area contributed by atoms with Gasteiger partial charge in [-0.2, -0.15) is 0 Å². The number of nitrogens with zero attached hydrogens (tertiary/aromatic N) is 7. The van der Waals surface area contributed by atoms with Gasteiger partial charge in [-0.1, -0.05) is 24.2 Å². The second-order valence-electron chi connectivity index (χ2n) is 15.6. The molecular formula is C42H46ClN9O5. The van der Waals surface area contributed by atoms with Gasteiger partial charge >= 0.3 is 0 Å². The van der Waals surface area contributed by atoms with E-state index in [9.17, 15) is 19.2 Å². The Morgan fingerprint density at radius 2 is 1.65 bits per heavy atom. The van der Waals surface area contributed by atoms with Crippen molar-refractivity contribution in [3.05, 3.63) is 94.3 Å². The molecule has 2 N–H and O–H groups in total. The van der Waals surface area contributed by atoms with Gasteiger partial charge < -0.3 is 25.2 Å². The zero-order chi connectivity index (χ0) is 39.6. The van der Waals surface area contributed by atoms with Gasteiger partial charge in [-0.3, -0.25) is 29.0 Å². The second-order valence-corrected chi connectivity index (χ2v) is 16.0. The third-order valence-electron chi connectivity index (χ3n) is 12.0. The van der Waals surface area contributed by atoms with E-state index in [4.69, 9.17) is 22.9 Å². The third-order valence-corrected chi connectivity index (χ3v) is 12.3. The number of benzene rings is 2. The van der Waals surface area contributed by atoms with Gasteiger partial charge in [0.2, 0.25) is 11.6 Å². The number of ether oxygens (including phenoxy) is 1. The van der Waals surface area contributed by atoms with Crippen LogP contribution in [0.5, 0.6) is 5.75 Å². The van der Waals surface area contributed by atoms with Crippen molar-refractivity contribution >= 4 is 52.4 Å². The maximum Gasteiger partial charge on any atom is 0.271 e. The SMILES string of the molecule is [C-]#[N+]c1ccc(OC2CCC(NC(=O)c3cnc(N4CCC(CN5CCN(c6ccc7c(c6)C(=O)N(C6CCC(=C)NC6=O)C7=O)CC5)CC4)cn3)CC2)cc1Cl. The number of imide groups is 1. The molecule has 5 heterocycles. The van der Waals surface area contributed by atoms with E-state index in [0.29, 0.717) is 57.7 Å². The predicted molar refractivity (Wildman–Crippen MR) is 215 cm³/mol. The van der Waals surface area contributed by atoms with Crippen molar-refractivity contribution in [2.45, 2.75) is 69.6 Å². The summed E-state index contributed by atoms with van der Waals surface area (Å²) in [7, 11) is 0. The molecule has 1 unspecified atom stereocenters. The molecular weight excluding hydrogens is 746 g/mol. The van der Waals surface area contributed by atoms with Crippen LogP contribution < -0.4 is 25.2 Å². The molecule has 8 rings (SSSR count). The smallest absolute Gasteiger partial charge is 0.271 e. The van der Waals surface area contributed by atoms with Crippen LogP contribution in [0.1, 0.15) is 82.6 Å². The molecule has 1 atom stereocenters. The topological polar surface area (TPSA) is 145 Å². The predicted octanol–water partition coefficient (Wildman–Crippen LogP) is 5.23. The summed E-state index contributed by atoms with van der Waals surface area (Å²) in [5.74, 6) is 0.598. The van der Waals surface area contributed by atoms with Crippen molar-refractivity contribution in [3.8, 4) is 5.75 Å². The molecule has 14 nitrogen and oxygen atoms in total. The first-order valence-corrected chi connectivity index (χ1v) is 20.2. The lowest BCUT2D eigenvalue weighted by molar-refractivity contribution is -0.125. The number of carbonyl (C=O) groups excluding carboxylic acids is 4. The number of allylic oxidation sites excluding steroid dienone is 1. The minimum absolute atomic E-state index is 0.0285. The quantitative estimate of drug-likeness (QED) is 0.219. The molecule has 0 spiro atoms. The summed E-state index contributed by atoms with van der Waals surface area (Å²) in [5.41, 5.74) is 2.94. The van der Waals surface area contributed by atoms with Gasteiger partial charge in [0.05, 0.1) is 41.2 Å². The van der Waals surface area contributed by atoms with Crippen molar-refractivity contribution in [3.63, 3.8) is 0 Å². The van der Waals surface area contributed by atoms with Crippen molar-refractivity contribution in [2.24, 2.45) is 5.92 Å². The molecule has 1 aliphatic carbocycles.